The minimum Gasteiger partial charge on any atom is -0.463 e. The third-order valence-electron chi connectivity index (χ3n) is 5.26. The lowest BCUT2D eigenvalue weighted by molar-refractivity contribution is -0.176. The van der Waals surface area contributed by atoms with Crippen LogP contribution in [0.5, 0.6) is 11.5 Å². The second kappa shape index (κ2) is 8.26. The summed E-state index contributed by atoms with van der Waals surface area (Å²) in [4.78, 5) is 38.9. The first-order valence-electron chi connectivity index (χ1n) is 10.1. The summed E-state index contributed by atoms with van der Waals surface area (Å²) in [5, 5.41) is 11.1. The van der Waals surface area contributed by atoms with E-state index in [9.17, 15) is 19.5 Å². The average Bonchev–Trinajstić information content (AvgIpc) is 3.06. The summed E-state index contributed by atoms with van der Waals surface area (Å²) in [6, 6.07) is 4.95. The lowest BCUT2D eigenvalue weighted by Crippen LogP contribution is -2.55. The van der Waals surface area contributed by atoms with Gasteiger partial charge in [-0.25, -0.2) is 0 Å². The molecule has 0 amide bonds. The summed E-state index contributed by atoms with van der Waals surface area (Å²) in [7, 11) is 0. The van der Waals surface area contributed by atoms with Gasteiger partial charge < -0.3 is 24.1 Å². The Hall–Kier alpha value is -2.61. The molecule has 30 heavy (non-hydrogen) atoms. The van der Waals surface area contributed by atoms with Gasteiger partial charge in [0.1, 0.15) is 5.92 Å². The van der Waals surface area contributed by atoms with E-state index in [1.165, 1.54) is 6.92 Å². The molecule has 164 valence electrons. The zero-order valence-electron chi connectivity index (χ0n) is 17.8. The Morgan fingerprint density at radius 3 is 2.30 bits per heavy atom. The zero-order chi connectivity index (χ0) is 22.2. The molecule has 2 aliphatic rings. The number of Topliss-reactive ketones (excluding diaryl/α,β-unsaturated/α-hetero) is 1. The molecule has 1 aliphatic carbocycles. The van der Waals surface area contributed by atoms with E-state index in [0.29, 0.717) is 17.1 Å². The van der Waals surface area contributed by atoms with Gasteiger partial charge in [-0.3, -0.25) is 14.4 Å². The summed E-state index contributed by atoms with van der Waals surface area (Å²) in [5.74, 6) is -4.30. The number of hydrogen-bond donors (Lipinski definition) is 1. The molecule has 0 saturated heterocycles. The van der Waals surface area contributed by atoms with Crippen LogP contribution >= 0.6 is 0 Å². The molecule has 1 saturated carbocycles. The minimum absolute atomic E-state index is 0.0533. The number of carbonyl (C=O) groups is 3. The molecule has 4 unspecified atom stereocenters. The summed E-state index contributed by atoms with van der Waals surface area (Å²) in [6.07, 6.45) is -1.22. The van der Waals surface area contributed by atoms with Crippen LogP contribution in [0.3, 0.4) is 0 Å². The van der Waals surface area contributed by atoms with Crippen molar-refractivity contribution in [2.24, 2.45) is 11.8 Å². The Morgan fingerprint density at radius 2 is 1.67 bits per heavy atom. The van der Waals surface area contributed by atoms with Crippen LogP contribution in [-0.2, 0) is 23.9 Å². The molecule has 0 bridgehead atoms. The van der Waals surface area contributed by atoms with E-state index < -0.39 is 53.3 Å². The van der Waals surface area contributed by atoms with Gasteiger partial charge in [0.2, 0.25) is 6.79 Å². The van der Waals surface area contributed by atoms with Crippen LogP contribution in [0.1, 0.15) is 52.5 Å². The van der Waals surface area contributed by atoms with Crippen molar-refractivity contribution in [3.8, 4) is 11.5 Å². The van der Waals surface area contributed by atoms with E-state index in [0.717, 1.165) is 0 Å². The third-order valence-corrected chi connectivity index (χ3v) is 5.26. The van der Waals surface area contributed by atoms with E-state index in [-0.39, 0.29) is 13.2 Å². The van der Waals surface area contributed by atoms with Crippen molar-refractivity contribution >= 4 is 17.7 Å². The fourth-order valence-electron chi connectivity index (χ4n) is 4.15. The predicted molar refractivity (Wildman–Crippen MR) is 105 cm³/mol. The molecule has 0 radical (unpaired) electrons. The second-order valence-corrected chi connectivity index (χ2v) is 8.57. The minimum atomic E-state index is -1.70. The fourth-order valence-corrected chi connectivity index (χ4v) is 4.15. The van der Waals surface area contributed by atoms with Crippen LogP contribution < -0.4 is 9.47 Å². The SMILES string of the molecule is CC(C)OC(=O)C1C(=O)CC(C)(O)C(C(=O)OC(C)C)C1c1ccc2c(c1)OCO2. The summed E-state index contributed by atoms with van der Waals surface area (Å²) in [5.41, 5.74) is -1.21. The molecule has 0 spiro atoms. The van der Waals surface area contributed by atoms with Crippen LogP contribution in [0.2, 0.25) is 0 Å². The van der Waals surface area contributed by atoms with E-state index in [2.05, 4.69) is 0 Å². The summed E-state index contributed by atoms with van der Waals surface area (Å²) >= 11 is 0. The highest BCUT2D eigenvalue weighted by Crippen LogP contribution is 2.48. The van der Waals surface area contributed by atoms with Crippen molar-refractivity contribution in [1.82, 2.24) is 0 Å². The third kappa shape index (κ3) is 4.28. The topological polar surface area (TPSA) is 108 Å². The maximum atomic E-state index is 13.0. The van der Waals surface area contributed by atoms with Gasteiger partial charge in [0.05, 0.1) is 23.7 Å². The molecular weight excluding hydrogens is 392 g/mol. The number of rotatable bonds is 5. The molecule has 1 aliphatic heterocycles. The van der Waals surface area contributed by atoms with Crippen molar-refractivity contribution < 1.29 is 38.4 Å². The van der Waals surface area contributed by atoms with E-state index in [1.807, 2.05) is 0 Å². The quantitative estimate of drug-likeness (QED) is 0.571. The van der Waals surface area contributed by atoms with Crippen LogP contribution in [0, 0.1) is 11.8 Å². The molecule has 4 atom stereocenters. The molecule has 1 aromatic rings. The van der Waals surface area contributed by atoms with Gasteiger partial charge in [-0.05, 0) is 52.3 Å². The Balaban J connectivity index is 2.12. The van der Waals surface area contributed by atoms with E-state index in [1.54, 1.807) is 45.9 Å². The largest absolute Gasteiger partial charge is 0.463 e. The molecule has 1 fully saturated rings. The van der Waals surface area contributed by atoms with Crippen molar-refractivity contribution in [1.29, 1.82) is 0 Å². The highest BCUT2D eigenvalue weighted by atomic mass is 16.7. The number of ether oxygens (including phenoxy) is 4. The maximum Gasteiger partial charge on any atom is 0.317 e. The maximum absolute atomic E-state index is 13.0. The second-order valence-electron chi connectivity index (χ2n) is 8.57. The van der Waals surface area contributed by atoms with Crippen molar-refractivity contribution in [2.75, 3.05) is 6.79 Å². The predicted octanol–water partition coefficient (Wildman–Crippen LogP) is 2.36. The Kier molecular flexibility index (Phi) is 6.08. The highest BCUT2D eigenvalue weighted by Gasteiger charge is 2.57. The van der Waals surface area contributed by atoms with Crippen molar-refractivity contribution in [3.05, 3.63) is 23.8 Å². The van der Waals surface area contributed by atoms with Gasteiger partial charge in [0.25, 0.3) is 0 Å². The molecule has 1 N–H and O–H groups in total. The number of ketones is 1. The van der Waals surface area contributed by atoms with Gasteiger partial charge in [0.15, 0.2) is 17.3 Å². The smallest absolute Gasteiger partial charge is 0.317 e. The first-order chi connectivity index (χ1) is 14.0. The van der Waals surface area contributed by atoms with Gasteiger partial charge in [0, 0.05) is 12.3 Å². The molecule has 3 rings (SSSR count). The number of aliphatic hydroxyl groups is 1. The fraction of sp³-hybridized carbons (Fsp3) is 0.591. The molecule has 1 heterocycles. The first kappa shape index (κ1) is 22.1. The monoisotopic (exact) mass is 420 g/mol. The molecule has 0 aromatic heterocycles. The van der Waals surface area contributed by atoms with Crippen molar-refractivity contribution in [3.63, 3.8) is 0 Å². The van der Waals surface area contributed by atoms with E-state index in [4.69, 9.17) is 18.9 Å². The highest BCUT2D eigenvalue weighted by molar-refractivity contribution is 6.02. The lowest BCUT2D eigenvalue weighted by atomic mass is 9.61. The number of hydrogen-bond acceptors (Lipinski definition) is 8. The van der Waals surface area contributed by atoms with Crippen molar-refractivity contribution in [2.45, 2.75) is 64.8 Å². The average molecular weight is 420 g/mol. The van der Waals surface area contributed by atoms with Gasteiger partial charge in [-0.15, -0.1) is 0 Å². The first-order valence-corrected chi connectivity index (χ1v) is 10.1. The molecule has 1 aromatic carbocycles. The molecule has 8 nitrogen and oxygen atoms in total. The van der Waals surface area contributed by atoms with Crippen LogP contribution in [0.25, 0.3) is 0 Å². The summed E-state index contributed by atoms with van der Waals surface area (Å²) < 4.78 is 21.5. The number of benzene rings is 1. The Morgan fingerprint density at radius 1 is 1.07 bits per heavy atom. The van der Waals surface area contributed by atoms with E-state index >= 15 is 0 Å². The number of carbonyl (C=O) groups excluding carboxylic acids is 3. The zero-order valence-corrected chi connectivity index (χ0v) is 17.8. The summed E-state index contributed by atoms with van der Waals surface area (Å²) in [6.45, 7) is 8.23. The lowest BCUT2D eigenvalue weighted by Gasteiger charge is -2.44. The van der Waals surface area contributed by atoms with Gasteiger partial charge in [-0.1, -0.05) is 6.07 Å². The normalized spacial score (nSPS) is 28.0. The van der Waals surface area contributed by atoms with Crippen LogP contribution in [0.15, 0.2) is 18.2 Å². The molecule has 8 heteroatoms. The van der Waals surface area contributed by atoms with Gasteiger partial charge >= 0.3 is 11.9 Å². The molecular formula is C22H28O8. The van der Waals surface area contributed by atoms with Gasteiger partial charge in [-0.2, -0.15) is 0 Å². The van der Waals surface area contributed by atoms with Crippen LogP contribution in [0.4, 0.5) is 0 Å². The standard InChI is InChI=1S/C22H28O8/c1-11(2)29-20(24)18-14(23)9-22(5,26)19(21(25)30-12(3)4)17(18)13-6-7-15-16(8-13)28-10-27-15/h6-8,11-12,17-19,26H,9-10H2,1-5H3. The Labute approximate surface area is 175 Å². The number of esters is 2. The van der Waals surface area contributed by atoms with Crippen LogP contribution in [-0.4, -0.2) is 47.4 Å². The number of fused-ring (bicyclic) bond motifs is 1. The Bertz CT molecular complexity index is 834.